The molecule has 0 aromatic heterocycles. The van der Waals surface area contributed by atoms with Crippen LogP contribution < -0.4 is 5.32 Å². The summed E-state index contributed by atoms with van der Waals surface area (Å²) in [4.78, 5) is 11.6. The van der Waals surface area contributed by atoms with E-state index in [2.05, 4.69) is 10.1 Å². The van der Waals surface area contributed by atoms with E-state index in [-0.39, 0.29) is 11.4 Å². The number of halogens is 2. The molecule has 0 radical (unpaired) electrons. The minimum Gasteiger partial charge on any atom is -0.465 e. The topological polar surface area (TPSA) is 58.6 Å². The smallest absolute Gasteiger partial charge is 0.340 e. The van der Waals surface area contributed by atoms with Crippen molar-refractivity contribution in [1.82, 2.24) is 0 Å². The first-order valence-corrected chi connectivity index (χ1v) is 7.54. The van der Waals surface area contributed by atoms with Gasteiger partial charge in [0.1, 0.15) is 5.82 Å². The van der Waals surface area contributed by atoms with Crippen LogP contribution in [0.1, 0.15) is 10.4 Å². The molecule has 1 atom stereocenters. The molecular weight excluding hydrogens is 321 g/mol. The van der Waals surface area contributed by atoms with Crippen LogP contribution in [0.25, 0.3) is 11.1 Å². The molecule has 0 amide bonds. The first kappa shape index (κ1) is 17.2. The van der Waals surface area contributed by atoms with Crippen molar-refractivity contribution in [1.29, 1.82) is 0 Å². The van der Waals surface area contributed by atoms with Gasteiger partial charge in [-0.3, -0.25) is 0 Å². The second kappa shape index (κ2) is 7.94. The Labute approximate surface area is 138 Å². The molecule has 2 aromatic rings. The Bertz CT molecular complexity index is 693. The molecule has 4 nitrogen and oxygen atoms in total. The van der Waals surface area contributed by atoms with Crippen LogP contribution in [0.15, 0.2) is 42.5 Å². The molecule has 0 aliphatic heterocycles. The maximum Gasteiger partial charge on any atom is 0.340 e. The number of hydrogen-bond acceptors (Lipinski definition) is 4. The fraction of sp³-hybridized carbons (Fsp3) is 0.235. The van der Waals surface area contributed by atoms with E-state index in [0.29, 0.717) is 12.1 Å². The molecule has 0 spiro atoms. The van der Waals surface area contributed by atoms with Gasteiger partial charge in [-0.25, -0.2) is 9.18 Å². The number of aliphatic hydroxyl groups excluding tert-OH is 1. The Morgan fingerprint density at radius 2 is 2.04 bits per heavy atom. The summed E-state index contributed by atoms with van der Waals surface area (Å²) in [7, 11) is 1.21. The highest BCUT2D eigenvalue weighted by molar-refractivity contribution is 6.18. The lowest BCUT2D eigenvalue weighted by molar-refractivity contribution is 0.0595. The first-order valence-electron chi connectivity index (χ1n) is 7.01. The monoisotopic (exact) mass is 337 g/mol. The van der Waals surface area contributed by atoms with E-state index in [1.807, 2.05) is 24.3 Å². The number of aliphatic hydroxyl groups is 1. The zero-order valence-electron chi connectivity index (χ0n) is 12.6. The van der Waals surface area contributed by atoms with E-state index in [9.17, 15) is 14.3 Å². The van der Waals surface area contributed by atoms with E-state index in [1.54, 1.807) is 6.07 Å². The van der Waals surface area contributed by atoms with Gasteiger partial charge in [0, 0.05) is 12.2 Å². The van der Waals surface area contributed by atoms with Crippen LogP contribution in [0.4, 0.5) is 10.1 Å². The Balaban J connectivity index is 2.26. The van der Waals surface area contributed by atoms with E-state index in [4.69, 9.17) is 11.6 Å². The fourth-order valence-electron chi connectivity index (χ4n) is 2.07. The average molecular weight is 338 g/mol. The normalized spacial score (nSPS) is 11.8. The Hall–Kier alpha value is -2.11. The number of alkyl halides is 1. The molecule has 1 unspecified atom stereocenters. The van der Waals surface area contributed by atoms with E-state index < -0.39 is 17.9 Å². The van der Waals surface area contributed by atoms with Crippen molar-refractivity contribution < 1.29 is 19.0 Å². The summed E-state index contributed by atoms with van der Waals surface area (Å²) in [6.45, 7) is 0.323. The van der Waals surface area contributed by atoms with Gasteiger partial charge in [0.15, 0.2) is 0 Å². The molecule has 0 saturated carbocycles. The van der Waals surface area contributed by atoms with Gasteiger partial charge >= 0.3 is 5.97 Å². The quantitative estimate of drug-likeness (QED) is 0.627. The molecule has 23 heavy (non-hydrogen) atoms. The van der Waals surface area contributed by atoms with Crippen LogP contribution in [-0.4, -0.2) is 36.7 Å². The summed E-state index contributed by atoms with van der Waals surface area (Å²) in [6, 6.07) is 11.6. The maximum atomic E-state index is 13.7. The number of benzene rings is 2. The number of esters is 1. The van der Waals surface area contributed by atoms with Gasteiger partial charge in [0.25, 0.3) is 0 Å². The molecule has 0 heterocycles. The molecule has 0 bridgehead atoms. The van der Waals surface area contributed by atoms with Gasteiger partial charge in [0.2, 0.25) is 0 Å². The third kappa shape index (κ3) is 4.43. The molecule has 0 aliphatic rings. The number of hydrogen-bond donors (Lipinski definition) is 2. The molecule has 6 heteroatoms. The predicted octanol–water partition coefficient (Wildman–Crippen LogP) is 3.29. The minimum atomic E-state index is -0.719. The number of carbonyl (C=O) groups is 1. The number of carbonyl (C=O) groups excluding carboxylic acids is 1. The third-order valence-electron chi connectivity index (χ3n) is 3.29. The maximum absolute atomic E-state index is 13.7. The Morgan fingerprint density at radius 3 is 2.74 bits per heavy atom. The van der Waals surface area contributed by atoms with Crippen molar-refractivity contribution in [2.24, 2.45) is 0 Å². The highest BCUT2D eigenvalue weighted by Crippen LogP contribution is 2.25. The summed E-state index contributed by atoms with van der Waals surface area (Å²) < 4.78 is 18.3. The molecule has 2 rings (SSSR count). The summed E-state index contributed by atoms with van der Waals surface area (Å²) >= 11 is 5.55. The lowest BCUT2D eigenvalue weighted by Crippen LogP contribution is -2.20. The van der Waals surface area contributed by atoms with Crippen molar-refractivity contribution in [2.75, 3.05) is 24.9 Å². The van der Waals surface area contributed by atoms with Crippen molar-refractivity contribution in [2.45, 2.75) is 6.10 Å². The molecular formula is C17H17ClFNO3. The minimum absolute atomic E-state index is 0.110. The first-order chi connectivity index (χ1) is 11.0. The number of rotatable bonds is 6. The highest BCUT2D eigenvalue weighted by atomic mass is 35.5. The van der Waals surface area contributed by atoms with E-state index in [1.165, 1.54) is 19.2 Å². The second-order valence-electron chi connectivity index (χ2n) is 4.96. The SMILES string of the molecule is COC(=O)c1cc(-c2cccc(NCC(O)CCl)c2)ccc1F. The zero-order valence-corrected chi connectivity index (χ0v) is 13.3. The molecule has 0 saturated heterocycles. The van der Waals surface area contributed by atoms with Crippen LogP contribution in [0, 0.1) is 5.82 Å². The van der Waals surface area contributed by atoms with Gasteiger partial charge in [-0.2, -0.15) is 0 Å². The van der Waals surface area contributed by atoms with Crippen molar-refractivity contribution in [3.63, 3.8) is 0 Å². The summed E-state index contributed by atoms with van der Waals surface area (Å²) in [5, 5.41) is 12.5. The molecule has 2 N–H and O–H groups in total. The van der Waals surface area contributed by atoms with Crippen LogP contribution in [0.5, 0.6) is 0 Å². The molecule has 122 valence electrons. The fourth-order valence-corrected chi connectivity index (χ4v) is 2.18. The Morgan fingerprint density at radius 1 is 1.30 bits per heavy atom. The van der Waals surface area contributed by atoms with Crippen molar-refractivity contribution >= 4 is 23.3 Å². The number of anilines is 1. The summed E-state index contributed by atoms with van der Waals surface area (Å²) in [5.41, 5.74) is 2.17. The van der Waals surface area contributed by atoms with Gasteiger partial charge in [-0.05, 0) is 35.4 Å². The number of methoxy groups -OCH3 is 1. The van der Waals surface area contributed by atoms with Crippen LogP contribution in [-0.2, 0) is 4.74 Å². The van der Waals surface area contributed by atoms with Gasteiger partial charge in [0.05, 0.1) is 24.7 Å². The summed E-state index contributed by atoms with van der Waals surface area (Å²) in [6.07, 6.45) is -0.642. The van der Waals surface area contributed by atoms with Crippen LogP contribution in [0.2, 0.25) is 0 Å². The standard InChI is InChI=1S/C17H17ClFNO3/c1-23-17(22)15-8-12(5-6-16(15)19)11-3-2-4-13(7-11)20-10-14(21)9-18/h2-8,14,20-21H,9-10H2,1H3. The predicted molar refractivity (Wildman–Crippen MR) is 88.4 cm³/mol. The lowest BCUT2D eigenvalue weighted by atomic mass is 10.0. The van der Waals surface area contributed by atoms with E-state index >= 15 is 0 Å². The number of nitrogens with one attached hydrogen (secondary N) is 1. The zero-order chi connectivity index (χ0) is 16.8. The summed E-state index contributed by atoms with van der Waals surface area (Å²) in [5.74, 6) is -1.20. The molecule has 0 fully saturated rings. The van der Waals surface area contributed by atoms with Gasteiger partial charge in [-0.15, -0.1) is 11.6 Å². The van der Waals surface area contributed by atoms with Gasteiger partial charge in [-0.1, -0.05) is 18.2 Å². The van der Waals surface area contributed by atoms with Crippen LogP contribution in [0.3, 0.4) is 0 Å². The lowest BCUT2D eigenvalue weighted by Gasteiger charge is -2.12. The third-order valence-corrected chi connectivity index (χ3v) is 3.64. The van der Waals surface area contributed by atoms with E-state index in [0.717, 1.165) is 11.3 Å². The number of ether oxygens (including phenoxy) is 1. The van der Waals surface area contributed by atoms with Crippen LogP contribution >= 0.6 is 11.6 Å². The molecule has 0 aliphatic carbocycles. The van der Waals surface area contributed by atoms with Crippen molar-refractivity contribution in [3.8, 4) is 11.1 Å². The largest absolute Gasteiger partial charge is 0.465 e. The second-order valence-corrected chi connectivity index (χ2v) is 5.26. The average Bonchev–Trinajstić information content (AvgIpc) is 2.59. The molecule has 2 aromatic carbocycles. The Kier molecular flexibility index (Phi) is 5.96. The highest BCUT2D eigenvalue weighted by Gasteiger charge is 2.13. The van der Waals surface area contributed by atoms with Gasteiger partial charge < -0.3 is 15.2 Å². The van der Waals surface area contributed by atoms with Crippen molar-refractivity contribution in [3.05, 3.63) is 53.8 Å².